The molecule has 3 rings (SSSR count). The maximum Gasteiger partial charge on any atom is 0.338 e. The molecule has 3 aromatic rings. The van der Waals surface area contributed by atoms with Gasteiger partial charge in [0.2, 0.25) is 0 Å². The van der Waals surface area contributed by atoms with Gasteiger partial charge in [-0.05, 0) is 24.6 Å². The molecule has 0 spiro atoms. The number of aryl methyl sites for hydroxylation is 2. The number of aromatic nitrogens is 4. The molecule has 2 heterocycles. The van der Waals surface area contributed by atoms with Crippen molar-refractivity contribution >= 4 is 28.7 Å². The van der Waals surface area contributed by atoms with Gasteiger partial charge in [-0.25, -0.2) is 14.6 Å². The fourth-order valence-electron chi connectivity index (χ4n) is 2.68. The minimum Gasteiger partial charge on any atom is -0.462 e. The van der Waals surface area contributed by atoms with E-state index in [1.165, 1.54) is 17.0 Å². The highest BCUT2D eigenvalue weighted by Crippen LogP contribution is 2.11. The molecule has 0 aliphatic carbocycles. The second kappa shape index (κ2) is 7.17. The van der Waals surface area contributed by atoms with Crippen molar-refractivity contribution in [2.45, 2.75) is 13.0 Å². The minimum atomic E-state index is -0.505. The van der Waals surface area contributed by atoms with Crippen LogP contribution in [0.2, 0.25) is 5.02 Å². The van der Waals surface area contributed by atoms with Gasteiger partial charge in [0.1, 0.15) is 0 Å². The number of nitrogens with zero attached hydrogens (tertiary/aromatic N) is 4. The van der Waals surface area contributed by atoms with E-state index in [4.69, 9.17) is 16.3 Å². The molecular formula is C17H17ClN4O4. The summed E-state index contributed by atoms with van der Waals surface area (Å²) in [5.74, 6) is -0.505. The van der Waals surface area contributed by atoms with Gasteiger partial charge in [0.15, 0.2) is 11.2 Å². The number of carbonyl (C=O) groups is 1. The van der Waals surface area contributed by atoms with E-state index in [0.29, 0.717) is 28.2 Å². The molecule has 0 amide bonds. The molecule has 26 heavy (non-hydrogen) atoms. The van der Waals surface area contributed by atoms with Crippen LogP contribution in [-0.2, 0) is 25.4 Å². The lowest BCUT2D eigenvalue weighted by Gasteiger charge is -2.09. The Labute approximate surface area is 153 Å². The Bertz CT molecular complexity index is 1100. The van der Waals surface area contributed by atoms with Crippen LogP contribution < -0.4 is 11.2 Å². The van der Waals surface area contributed by atoms with Gasteiger partial charge in [-0.15, -0.1) is 0 Å². The van der Waals surface area contributed by atoms with Crippen molar-refractivity contribution in [2.75, 3.05) is 6.61 Å². The number of imidazole rings is 1. The summed E-state index contributed by atoms with van der Waals surface area (Å²) < 4.78 is 9.20. The van der Waals surface area contributed by atoms with E-state index >= 15 is 0 Å². The second-order valence-corrected chi connectivity index (χ2v) is 6.26. The monoisotopic (exact) mass is 376 g/mol. The smallest absolute Gasteiger partial charge is 0.338 e. The predicted molar refractivity (Wildman–Crippen MR) is 96.6 cm³/mol. The highest BCUT2D eigenvalue weighted by molar-refractivity contribution is 6.30. The van der Waals surface area contributed by atoms with E-state index in [1.807, 2.05) is 0 Å². The molecule has 9 heteroatoms. The molecule has 0 bridgehead atoms. The van der Waals surface area contributed by atoms with E-state index in [9.17, 15) is 14.4 Å². The van der Waals surface area contributed by atoms with Crippen LogP contribution in [0, 0.1) is 0 Å². The highest BCUT2D eigenvalue weighted by atomic mass is 35.5. The standard InChI is InChI=1S/C17H17ClN4O4/c1-20-10-19-14-13(20)15(23)22(17(25)21(14)2)7-4-8-26-16(24)11-5-3-6-12(18)9-11/h3,5-6,9-10H,4,7-8H2,1-2H3. The van der Waals surface area contributed by atoms with E-state index < -0.39 is 17.2 Å². The van der Waals surface area contributed by atoms with Crippen LogP contribution >= 0.6 is 11.6 Å². The van der Waals surface area contributed by atoms with Gasteiger partial charge in [-0.3, -0.25) is 13.9 Å². The van der Waals surface area contributed by atoms with Gasteiger partial charge in [0, 0.05) is 25.7 Å². The zero-order valence-electron chi connectivity index (χ0n) is 14.3. The Kier molecular flexibility index (Phi) is 4.94. The predicted octanol–water partition coefficient (Wildman–Crippen LogP) is 1.33. The maximum absolute atomic E-state index is 12.5. The third kappa shape index (κ3) is 3.28. The first-order valence-electron chi connectivity index (χ1n) is 7.93. The summed E-state index contributed by atoms with van der Waals surface area (Å²) in [6, 6.07) is 6.44. The Morgan fingerprint density at radius 2 is 2.04 bits per heavy atom. The summed E-state index contributed by atoms with van der Waals surface area (Å²) >= 11 is 5.84. The summed E-state index contributed by atoms with van der Waals surface area (Å²) in [6.45, 7) is 0.208. The van der Waals surface area contributed by atoms with Crippen molar-refractivity contribution in [3.8, 4) is 0 Å². The lowest BCUT2D eigenvalue weighted by Crippen LogP contribution is -2.39. The molecule has 2 aromatic heterocycles. The fraction of sp³-hybridized carbons (Fsp3) is 0.294. The normalized spacial score (nSPS) is 11.0. The van der Waals surface area contributed by atoms with Crippen LogP contribution in [0.4, 0.5) is 0 Å². The summed E-state index contributed by atoms with van der Waals surface area (Å²) in [7, 11) is 3.26. The second-order valence-electron chi connectivity index (χ2n) is 5.83. The molecule has 8 nitrogen and oxygen atoms in total. The molecular weight excluding hydrogens is 360 g/mol. The summed E-state index contributed by atoms with van der Waals surface area (Å²) in [4.78, 5) is 40.9. The molecule has 0 unspecified atom stereocenters. The van der Waals surface area contributed by atoms with Gasteiger partial charge >= 0.3 is 11.7 Å². The number of halogens is 1. The van der Waals surface area contributed by atoms with Crippen molar-refractivity contribution < 1.29 is 9.53 Å². The van der Waals surface area contributed by atoms with Crippen molar-refractivity contribution in [3.63, 3.8) is 0 Å². The van der Waals surface area contributed by atoms with Crippen LogP contribution in [-0.4, -0.2) is 31.3 Å². The first-order chi connectivity index (χ1) is 12.4. The number of hydrogen-bond acceptors (Lipinski definition) is 5. The quantitative estimate of drug-likeness (QED) is 0.495. The van der Waals surface area contributed by atoms with Crippen molar-refractivity contribution in [1.82, 2.24) is 18.7 Å². The van der Waals surface area contributed by atoms with Crippen LogP contribution in [0.25, 0.3) is 11.2 Å². The Morgan fingerprint density at radius 1 is 1.27 bits per heavy atom. The number of hydrogen-bond donors (Lipinski definition) is 0. The Balaban J connectivity index is 1.71. The molecule has 0 saturated carbocycles. The van der Waals surface area contributed by atoms with Gasteiger partial charge in [0.05, 0.1) is 18.5 Å². The van der Waals surface area contributed by atoms with E-state index in [-0.39, 0.29) is 13.2 Å². The third-order valence-corrected chi connectivity index (χ3v) is 4.26. The lowest BCUT2D eigenvalue weighted by molar-refractivity contribution is 0.0495. The molecule has 0 N–H and O–H groups in total. The Hall–Kier alpha value is -2.87. The van der Waals surface area contributed by atoms with Crippen LogP contribution in [0.3, 0.4) is 0 Å². The molecule has 136 valence electrons. The number of benzene rings is 1. The van der Waals surface area contributed by atoms with Gasteiger partial charge in [-0.2, -0.15) is 0 Å². The van der Waals surface area contributed by atoms with Crippen molar-refractivity contribution in [3.05, 3.63) is 62.0 Å². The largest absolute Gasteiger partial charge is 0.462 e. The molecule has 0 fully saturated rings. The topological polar surface area (TPSA) is 88.1 Å². The van der Waals surface area contributed by atoms with Crippen molar-refractivity contribution in [1.29, 1.82) is 0 Å². The number of ether oxygens (including phenoxy) is 1. The first-order valence-corrected chi connectivity index (χ1v) is 8.31. The summed E-state index contributed by atoms with van der Waals surface area (Å²) in [5, 5.41) is 0.443. The average molecular weight is 377 g/mol. The molecule has 0 aliphatic heterocycles. The number of rotatable bonds is 5. The Morgan fingerprint density at radius 3 is 2.77 bits per heavy atom. The van der Waals surface area contributed by atoms with Crippen LogP contribution in [0.1, 0.15) is 16.8 Å². The molecule has 0 radical (unpaired) electrons. The van der Waals surface area contributed by atoms with E-state index in [0.717, 1.165) is 4.57 Å². The molecule has 0 aliphatic rings. The third-order valence-electron chi connectivity index (χ3n) is 4.02. The number of fused-ring (bicyclic) bond motifs is 1. The van der Waals surface area contributed by atoms with E-state index in [1.54, 1.807) is 36.9 Å². The number of carbonyl (C=O) groups excluding carboxylic acids is 1. The van der Waals surface area contributed by atoms with Gasteiger partial charge in [-0.1, -0.05) is 17.7 Å². The minimum absolute atomic E-state index is 0.0738. The molecule has 0 atom stereocenters. The van der Waals surface area contributed by atoms with Gasteiger partial charge < -0.3 is 9.30 Å². The fourth-order valence-corrected chi connectivity index (χ4v) is 2.87. The van der Waals surface area contributed by atoms with Crippen LogP contribution in [0.5, 0.6) is 0 Å². The lowest BCUT2D eigenvalue weighted by atomic mass is 10.2. The zero-order valence-corrected chi connectivity index (χ0v) is 15.1. The summed E-state index contributed by atoms with van der Waals surface area (Å²) in [6.07, 6.45) is 1.81. The van der Waals surface area contributed by atoms with Gasteiger partial charge in [0.25, 0.3) is 5.56 Å². The molecule has 1 aromatic carbocycles. The molecule has 0 saturated heterocycles. The summed E-state index contributed by atoms with van der Waals surface area (Å²) in [5.41, 5.74) is 0.169. The first kappa shape index (κ1) is 17.9. The highest BCUT2D eigenvalue weighted by Gasteiger charge is 2.15. The SMILES string of the molecule is Cn1cnc2c1c(=O)n(CCCOC(=O)c1cccc(Cl)c1)c(=O)n2C. The van der Waals surface area contributed by atoms with E-state index in [2.05, 4.69) is 4.98 Å². The maximum atomic E-state index is 12.5. The van der Waals surface area contributed by atoms with Crippen LogP contribution in [0.15, 0.2) is 40.2 Å². The average Bonchev–Trinajstić information content (AvgIpc) is 3.01. The van der Waals surface area contributed by atoms with Crippen molar-refractivity contribution in [2.24, 2.45) is 14.1 Å². The zero-order chi connectivity index (χ0) is 18.8. The number of esters is 1.